The summed E-state index contributed by atoms with van der Waals surface area (Å²) in [6, 6.07) is 16.4. The molecule has 0 amide bonds. The van der Waals surface area contributed by atoms with Gasteiger partial charge in [-0.15, -0.1) is 0 Å². The maximum atomic E-state index is 14.0. The van der Waals surface area contributed by atoms with E-state index in [0.29, 0.717) is 13.1 Å². The number of benzene rings is 2. The van der Waals surface area contributed by atoms with Crippen LogP contribution in [-0.4, -0.2) is 50.8 Å². The van der Waals surface area contributed by atoms with E-state index in [1.807, 2.05) is 37.8 Å². The van der Waals surface area contributed by atoms with Crippen LogP contribution in [0.25, 0.3) is 33.2 Å². The van der Waals surface area contributed by atoms with Crippen molar-refractivity contribution >= 4 is 16.7 Å². The lowest BCUT2D eigenvalue weighted by Crippen LogP contribution is -2.46. The summed E-state index contributed by atoms with van der Waals surface area (Å²) >= 11 is 0. The molecule has 1 aliphatic heterocycles. The zero-order valence-corrected chi connectivity index (χ0v) is 20.5. The molecule has 0 bridgehead atoms. The molecule has 37 heavy (non-hydrogen) atoms. The maximum absolute atomic E-state index is 14.0. The first kappa shape index (κ1) is 23.2. The molecule has 5 aromatic rings. The van der Waals surface area contributed by atoms with Gasteiger partial charge in [-0.3, -0.25) is 14.6 Å². The number of rotatable bonds is 5. The lowest BCUT2D eigenvalue weighted by molar-refractivity contribution is 0.242. The van der Waals surface area contributed by atoms with Crippen LogP contribution < -0.4 is 4.90 Å². The number of halogens is 2. The summed E-state index contributed by atoms with van der Waals surface area (Å²) in [5, 5.41) is 5.38. The van der Waals surface area contributed by atoms with Crippen LogP contribution in [0.3, 0.4) is 0 Å². The van der Waals surface area contributed by atoms with E-state index < -0.39 is 11.6 Å². The van der Waals surface area contributed by atoms with Crippen molar-refractivity contribution in [1.29, 1.82) is 0 Å². The first-order chi connectivity index (χ1) is 18.0. The normalized spacial score (nSPS) is 14.4. The molecule has 1 aliphatic rings. The highest BCUT2D eigenvalue weighted by Crippen LogP contribution is 2.33. The van der Waals surface area contributed by atoms with Crippen LogP contribution in [0.15, 0.2) is 79.4 Å². The van der Waals surface area contributed by atoms with Crippen LogP contribution in [0.4, 0.5) is 14.6 Å². The van der Waals surface area contributed by atoms with E-state index in [4.69, 9.17) is 4.98 Å². The Hall–Kier alpha value is -4.17. The van der Waals surface area contributed by atoms with Crippen LogP contribution in [-0.2, 0) is 13.6 Å². The van der Waals surface area contributed by atoms with E-state index >= 15 is 0 Å². The van der Waals surface area contributed by atoms with Crippen molar-refractivity contribution < 1.29 is 8.78 Å². The van der Waals surface area contributed by atoms with Crippen molar-refractivity contribution in [1.82, 2.24) is 24.6 Å². The Bertz CT molecular complexity index is 1530. The molecule has 6 rings (SSSR count). The predicted octanol–water partition coefficient (Wildman–Crippen LogP) is 5.30. The van der Waals surface area contributed by atoms with Crippen molar-refractivity contribution in [3.05, 3.63) is 96.6 Å². The summed E-state index contributed by atoms with van der Waals surface area (Å²) in [5.41, 5.74) is 5.23. The standard InChI is InChI=1S/C29H26F2N6/c1-35-18-22(17-34-35)21-14-24(23-4-3-9-32-28(23)15-21)20-7-8-29(33-16-20)37-12-10-36(11-13-37)19-25-26(30)5-2-6-27(25)31/h2-9,14-18H,10-13,19H2,1H3. The van der Waals surface area contributed by atoms with Crippen molar-refractivity contribution in [3.8, 4) is 22.3 Å². The van der Waals surface area contributed by atoms with Gasteiger partial charge in [-0.2, -0.15) is 5.10 Å². The Morgan fingerprint density at radius 2 is 1.62 bits per heavy atom. The fraction of sp³-hybridized carbons (Fsp3) is 0.207. The average Bonchev–Trinajstić information content (AvgIpc) is 3.37. The minimum Gasteiger partial charge on any atom is -0.354 e. The molecule has 0 unspecified atom stereocenters. The van der Waals surface area contributed by atoms with E-state index in [0.717, 1.165) is 52.1 Å². The van der Waals surface area contributed by atoms with Crippen LogP contribution in [0.5, 0.6) is 0 Å². The molecule has 1 fully saturated rings. The Balaban J connectivity index is 1.21. The number of aryl methyl sites for hydroxylation is 1. The lowest BCUT2D eigenvalue weighted by Gasteiger charge is -2.35. The quantitative estimate of drug-likeness (QED) is 0.331. The first-order valence-corrected chi connectivity index (χ1v) is 12.3. The van der Waals surface area contributed by atoms with Crippen molar-refractivity contribution in [2.75, 3.05) is 31.1 Å². The van der Waals surface area contributed by atoms with Crippen molar-refractivity contribution in [3.63, 3.8) is 0 Å². The highest BCUT2D eigenvalue weighted by Gasteiger charge is 2.21. The van der Waals surface area contributed by atoms with Gasteiger partial charge in [0.25, 0.3) is 0 Å². The maximum Gasteiger partial charge on any atom is 0.130 e. The van der Waals surface area contributed by atoms with Crippen LogP contribution in [0.1, 0.15) is 5.56 Å². The summed E-state index contributed by atoms with van der Waals surface area (Å²) in [7, 11) is 1.91. The van der Waals surface area contributed by atoms with Gasteiger partial charge in [0.15, 0.2) is 0 Å². The average molecular weight is 497 g/mol. The number of anilines is 1. The molecule has 0 radical (unpaired) electrons. The third-order valence-corrected chi connectivity index (χ3v) is 6.96. The topological polar surface area (TPSA) is 50.1 Å². The number of fused-ring (bicyclic) bond motifs is 1. The number of aromatic nitrogens is 4. The Morgan fingerprint density at radius 3 is 2.32 bits per heavy atom. The smallest absolute Gasteiger partial charge is 0.130 e. The molecule has 1 saturated heterocycles. The molecular weight excluding hydrogens is 470 g/mol. The molecule has 6 nitrogen and oxygen atoms in total. The van der Waals surface area contributed by atoms with Gasteiger partial charge in [-0.05, 0) is 53.6 Å². The van der Waals surface area contributed by atoms with Gasteiger partial charge in [0.05, 0.1) is 11.7 Å². The molecule has 0 aliphatic carbocycles. The molecule has 2 aromatic carbocycles. The largest absolute Gasteiger partial charge is 0.354 e. The molecule has 0 spiro atoms. The number of nitrogens with zero attached hydrogens (tertiary/aromatic N) is 6. The van der Waals surface area contributed by atoms with Crippen LogP contribution in [0.2, 0.25) is 0 Å². The van der Waals surface area contributed by atoms with Gasteiger partial charge >= 0.3 is 0 Å². The minimum absolute atomic E-state index is 0.133. The van der Waals surface area contributed by atoms with Gasteiger partial charge in [0.2, 0.25) is 0 Å². The van der Waals surface area contributed by atoms with Crippen LogP contribution in [0, 0.1) is 11.6 Å². The highest BCUT2D eigenvalue weighted by atomic mass is 19.1. The van der Waals surface area contributed by atoms with Gasteiger partial charge in [-0.1, -0.05) is 12.1 Å². The van der Waals surface area contributed by atoms with Crippen LogP contribution >= 0.6 is 0 Å². The molecule has 0 saturated carbocycles. The second-order valence-corrected chi connectivity index (χ2v) is 9.37. The van der Waals surface area contributed by atoms with E-state index in [1.165, 1.54) is 18.2 Å². The molecular formula is C29H26F2N6. The summed E-state index contributed by atoms with van der Waals surface area (Å²) in [5.74, 6) is -0.0867. The third-order valence-electron chi connectivity index (χ3n) is 6.96. The van der Waals surface area contributed by atoms with E-state index in [-0.39, 0.29) is 12.1 Å². The molecule has 8 heteroatoms. The van der Waals surface area contributed by atoms with Gasteiger partial charge < -0.3 is 4.90 Å². The Morgan fingerprint density at radius 1 is 0.811 bits per heavy atom. The number of hydrogen-bond acceptors (Lipinski definition) is 5. The highest BCUT2D eigenvalue weighted by molar-refractivity contribution is 5.98. The number of piperazine rings is 1. The predicted molar refractivity (Wildman–Crippen MR) is 141 cm³/mol. The zero-order valence-electron chi connectivity index (χ0n) is 20.5. The molecule has 3 aromatic heterocycles. The molecule has 186 valence electrons. The van der Waals surface area contributed by atoms with Gasteiger partial charge in [0.1, 0.15) is 17.5 Å². The third kappa shape index (κ3) is 4.68. The van der Waals surface area contributed by atoms with Gasteiger partial charge in [-0.25, -0.2) is 13.8 Å². The van der Waals surface area contributed by atoms with E-state index in [9.17, 15) is 8.78 Å². The van der Waals surface area contributed by atoms with E-state index in [1.54, 1.807) is 10.9 Å². The second-order valence-electron chi connectivity index (χ2n) is 9.37. The van der Waals surface area contributed by atoms with Gasteiger partial charge in [0, 0.05) is 80.4 Å². The minimum atomic E-state index is -0.491. The fourth-order valence-corrected chi connectivity index (χ4v) is 4.93. The molecule has 4 heterocycles. The number of pyridine rings is 2. The summed E-state index contributed by atoms with van der Waals surface area (Å²) in [6.45, 7) is 3.17. The summed E-state index contributed by atoms with van der Waals surface area (Å²) in [4.78, 5) is 13.7. The Kier molecular flexibility index (Phi) is 6.10. The second kappa shape index (κ2) is 9.71. The summed E-state index contributed by atoms with van der Waals surface area (Å²) in [6.07, 6.45) is 7.57. The van der Waals surface area contributed by atoms with Crippen molar-refractivity contribution in [2.24, 2.45) is 7.05 Å². The van der Waals surface area contributed by atoms with Crippen molar-refractivity contribution in [2.45, 2.75) is 6.54 Å². The van der Waals surface area contributed by atoms with E-state index in [2.05, 4.69) is 44.1 Å². The molecule has 0 atom stereocenters. The monoisotopic (exact) mass is 496 g/mol. The fourth-order valence-electron chi connectivity index (χ4n) is 4.93. The molecule has 0 N–H and O–H groups in total. The lowest BCUT2D eigenvalue weighted by atomic mass is 9.97. The number of hydrogen-bond donors (Lipinski definition) is 0. The Labute approximate surface area is 213 Å². The summed E-state index contributed by atoms with van der Waals surface area (Å²) < 4.78 is 29.9. The SMILES string of the molecule is Cn1cc(-c2cc(-c3ccc(N4CCN(Cc5c(F)cccc5F)CC4)nc3)c3cccnc3c2)cn1. The zero-order chi connectivity index (χ0) is 25.4. The first-order valence-electron chi connectivity index (χ1n) is 12.3.